The molecule has 0 radical (unpaired) electrons. The number of rotatable bonds is 6. The van der Waals surface area contributed by atoms with Crippen LogP contribution in [-0.4, -0.2) is 29.9 Å². The van der Waals surface area contributed by atoms with Crippen LogP contribution in [0.25, 0.3) is 0 Å². The van der Waals surface area contributed by atoms with Gasteiger partial charge in [0.1, 0.15) is 5.82 Å². The van der Waals surface area contributed by atoms with Gasteiger partial charge >= 0.3 is 0 Å². The molecule has 1 aromatic rings. The van der Waals surface area contributed by atoms with Gasteiger partial charge in [-0.2, -0.15) is 0 Å². The Balaban J connectivity index is 2.35. The van der Waals surface area contributed by atoms with Crippen LogP contribution in [0.5, 0.6) is 0 Å². The summed E-state index contributed by atoms with van der Waals surface area (Å²) < 4.78 is 12.6. The molecule has 0 bridgehead atoms. The normalized spacial score (nSPS) is 14.8. The summed E-state index contributed by atoms with van der Waals surface area (Å²) in [6, 6.07) is 5.79. The number of nitrogens with one attached hydrogen (secondary N) is 1. The quantitative estimate of drug-likeness (QED) is 0.681. The Morgan fingerprint density at radius 1 is 1.25 bits per heavy atom. The van der Waals surface area contributed by atoms with Crippen molar-refractivity contribution in [3.8, 4) is 0 Å². The molecule has 0 aliphatic rings. The van der Waals surface area contributed by atoms with Crippen LogP contribution in [-0.2, 0) is 0 Å². The molecule has 1 rings (SSSR count). The second kappa shape index (κ2) is 6.58. The molecule has 0 fully saturated rings. The molecule has 0 heterocycles. The summed E-state index contributed by atoms with van der Waals surface area (Å²) in [6.45, 7) is 3.08. The van der Waals surface area contributed by atoms with Crippen molar-refractivity contribution < 1.29 is 14.6 Å². The third-order valence-electron chi connectivity index (χ3n) is 2.40. The second-order valence-electron chi connectivity index (χ2n) is 4.01. The molecule has 4 heteroatoms. The van der Waals surface area contributed by atoms with Crippen LogP contribution < -0.4 is 5.32 Å². The standard InChI is InChI=1S/C12H18FNO2/c1-9(8-15)6-14-7-12(16)10-2-4-11(13)5-3-10/h2-5,9,12,14-16H,6-8H2,1H3. The van der Waals surface area contributed by atoms with Crippen molar-refractivity contribution in [2.75, 3.05) is 19.7 Å². The smallest absolute Gasteiger partial charge is 0.123 e. The van der Waals surface area contributed by atoms with Gasteiger partial charge in [-0.3, -0.25) is 0 Å². The predicted molar refractivity (Wildman–Crippen MR) is 60.5 cm³/mol. The van der Waals surface area contributed by atoms with Gasteiger partial charge in [0, 0.05) is 13.2 Å². The zero-order valence-corrected chi connectivity index (χ0v) is 9.36. The van der Waals surface area contributed by atoms with Gasteiger partial charge in [0.25, 0.3) is 0 Å². The van der Waals surface area contributed by atoms with Crippen molar-refractivity contribution in [1.82, 2.24) is 5.32 Å². The zero-order chi connectivity index (χ0) is 12.0. The first-order chi connectivity index (χ1) is 7.63. The van der Waals surface area contributed by atoms with E-state index in [1.807, 2.05) is 6.92 Å². The molecule has 90 valence electrons. The lowest BCUT2D eigenvalue weighted by Crippen LogP contribution is -2.27. The number of halogens is 1. The van der Waals surface area contributed by atoms with Crippen LogP contribution in [0, 0.1) is 11.7 Å². The van der Waals surface area contributed by atoms with Gasteiger partial charge in [0.05, 0.1) is 6.10 Å². The highest BCUT2D eigenvalue weighted by atomic mass is 19.1. The highest BCUT2D eigenvalue weighted by Gasteiger charge is 2.07. The third-order valence-corrected chi connectivity index (χ3v) is 2.40. The summed E-state index contributed by atoms with van der Waals surface area (Å²) in [4.78, 5) is 0. The monoisotopic (exact) mass is 227 g/mol. The summed E-state index contributed by atoms with van der Waals surface area (Å²) in [5.41, 5.74) is 0.686. The molecule has 2 atom stereocenters. The molecular formula is C12H18FNO2. The SMILES string of the molecule is CC(CO)CNCC(O)c1ccc(F)cc1. The summed E-state index contributed by atoms with van der Waals surface area (Å²) in [5, 5.41) is 21.6. The number of hydrogen-bond donors (Lipinski definition) is 3. The number of aliphatic hydroxyl groups is 2. The molecule has 16 heavy (non-hydrogen) atoms. The Morgan fingerprint density at radius 2 is 1.88 bits per heavy atom. The first-order valence-electron chi connectivity index (χ1n) is 5.38. The van der Waals surface area contributed by atoms with E-state index in [1.54, 1.807) is 12.1 Å². The van der Waals surface area contributed by atoms with Gasteiger partial charge in [0.15, 0.2) is 0 Å². The van der Waals surface area contributed by atoms with Crippen LogP contribution in [0.15, 0.2) is 24.3 Å². The zero-order valence-electron chi connectivity index (χ0n) is 9.36. The Bertz CT molecular complexity index is 302. The van der Waals surface area contributed by atoms with Crippen LogP contribution in [0.3, 0.4) is 0 Å². The summed E-state index contributed by atoms with van der Waals surface area (Å²) in [7, 11) is 0. The summed E-state index contributed by atoms with van der Waals surface area (Å²) in [6.07, 6.45) is -0.647. The van der Waals surface area contributed by atoms with E-state index in [0.717, 1.165) is 0 Å². The molecule has 2 unspecified atom stereocenters. The maximum Gasteiger partial charge on any atom is 0.123 e. The average Bonchev–Trinajstić information content (AvgIpc) is 2.29. The number of hydrogen-bond acceptors (Lipinski definition) is 3. The first kappa shape index (κ1) is 13.1. The van der Waals surface area contributed by atoms with E-state index >= 15 is 0 Å². The van der Waals surface area contributed by atoms with Crippen molar-refractivity contribution >= 4 is 0 Å². The minimum atomic E-state index is -0.647. The Morgan fingerprint density at radius 3 is 2.44 bits per heavy atom. The highest BCUT2D eigenvalue weighted by molar-refractivity contribution is 5.18. The molecule has 3 N–H and O–H groups in total. The lowest BCUT2D eigenvalue weighted by Gasteiger charge is -2.14. The van der Waals surface area contributed by atoms with E-state index in [-0.39, 0.29) is 18.3 Å². The van der Waals surface area contributed by atoms with Gasteiger partial charge in [-0.25, -0.2) is 4.39 Å². The van der Waals surface area contributed by atoms with E-state index in [4.69, 9.17) is 5.11 Å². The fourth-order valence-corrected chi connectivity index (χ4v) is 1.33. The Labute approximate surface area is 94.9 Å². The van der Waals surface area contributed by atoms with E-state index < -0.39 is 6.10 Å². The fourth-order valence-electron chi connectivity index (χ4n) is 1.33. The van der Waals surface area contributed by atoms with Gasteiger partial charge in [0.2, 0.25) is 0 Å². The third kappa shape index (κ3) is 4.26. The molecule has 0 aliphatic carbocycles. The van der Waals surface area contributed by atoms with Crippen LogP contribution in [0.2, 0.25) is 0 Å². The molecule has 3 nitrogen and oxygen atoms in total. The van der Waals surface area contributed by atoms with Crippen molar-refractivity contribution in [2.24, 2.45) is 5.92 Å². The van der Waals surface area contributed by atoms with Crippen molar-refractivity contribution in [3.63, 3.8) is 0 Å². The molecule has 0 saturated carbocycles. The Kier molecular flexibility index (Phi) is 5.38. The molecule has 0 saturated heterocycles. The van der Waals surface area contributed by atoms with Crippen molar-refractivity contribution in [1.29, 1.82) is 0 Å². The minimum absolute atomic E-state index is 0.125. The van der Waals surface area contributed by atoms with E-state index in [9.17, 15) is 9.50 Å². The first-order valence-corrected chi connectivity index (χ1v) is 5.38. The summed E-state index contributed by atoms with van der Waals surface area (Å²) in [5.74, 6) is -0.141. The molecular weight excluding hydrogens is 209 g/mol. The molecule has 0 aromatic heterocycles. The van der Waals surface area contributed by atoms with Gasteiger partial charge < -0.3 is 15.5 Å². The lowest BCUT2D eigenvalue weighted by molar-refractivity contribution is 0.168. The largest absolute Gasteiger partial charge is 0.396 e. The summed E-state index contributed by atoms with van der Waals surface area (Å²) >= 11 is 0. The van der Waals surface area contributed by atoms with Crippen molar-refractivity contribution in [3.05, 3.63) is 35.6 Å². The average molecular weight is 227 g/mol. The second-order valence-corrected chi connectivity index (χ2v) is 4.01. The molecule has 0 aliphatic heterocycles. The maximum absolute atomic E-state index is 12.6. The van der Waals surface area contributed by atoms with Crippen LogP contribution >= 0.6 is 0 Å². The van der Waals surface area contributed by atoms with Crippen LogP contribution in [0.4, 0.5) is 4.39 Å². The maximum atomic E-state index is 12.6. The topological polar surface area (TPSA) is 52.5 Å². The predicted octanol–water partition coefficient (Wildman–Crippen LogP) is 1.08. The number of aliphatic hydroxyl groups excluding tert-OH is 2. The van der Waals surface area contributed by atoms with Crippen LogP contribution in [0.1, 0.15) is 18.6 Å². The molecule has 1 aromatic carbocycles. The fraction of sp³-hybridized carbons (Fsp3) is 0.500. The van der Waals surface area contributed by atoms with E-state index in [2.05, 4.69) is 5.32 Å². The number of benzene rings is 1. The molecule has 0 spiro atoms. The van der Waals surface area contributed by atoms with E-state index in [0.29, 0.717) is 18.7 Å². The molecule has 0 amide bonds. The minimum Gasteiger partial charge on any atom is -0.396 e. The van der Waals surface area contributed by atoms with Gasteiger partial charge in [-0.05, 0) is 30.2 Å². The lowest BCUT2D eigenvalue weighted by atomic mass is 10.1. The highest BCUT2D eigenvalue weighted by Crippen LogP contribution is 2.12. The van der Waals surface area contributed by atoms with Crippen molar-refractivity contribution in [2.45, 2.75) is 13.0 Å². The van der Waals surface area contributed by atoms with Gasteiger partial charge in [-0.1, -0.05) is 19.1 Å². The van der Waals surface area contributed by atoms with E-state index in [1.165, 1.54) is 12.1 Å². The Hall–Kier alpha value is -0.970. The van der Waals surface area contributed by atoms with Gasteiger partial charge in [-0.15, -0.1) is 0 Å².